The second-order valence-electron chi connectivity index (χ2n) is 12.7. The third kappa shape index (κ3) is 4.56. The molecule has 1 fully saturated rings. The summed E-state index contributed by atoms with van der Waals surface area (Å²) in [6.45, 7) is 2.31. The number of amides is 1. The standard InChI is InChI=1S/C41H30Cl2N2O3/c1-25-11-20-34-33(23-25)41(40(48)45(34)24-26-7-3-2-4-8-26)35(37(46)28-12-16-30(42)17-13-28)36(38(47)29-14-18-31(43)19-15-29)44-22-21-27-9-5-6-10-32(27)39(41)44/h2-23,35-36,39H,24H2,1H3/t35-,36-,39?,41-/m0/s1. The fourth-order valence-corrected chi connectivity index (χ4v) is 8.27. The average molecular weight is 670 g/mol. The second-order valence-corrected chi connectivity index (χ2v) is 13.6. The van der Waals surface area contributed by atoms with Crippen LogP contribution in [0.1, 0.15) is 54.6 Å². The molecule has 0 radical (unpaired) electrons. The Morgan fingerprint density at radius 1 is 0.750 bits per heavy atom. The Morgan fingerprint density at radius 2 is 1.38 bits per heavy atom. The third-order valence-electron chi connectivity index (χ3n) is 10.1. The normalized spacial score (nSPS) is 22.1. The lowest BCUT2D eigenvalue weighted by Crippen LogP contribution is -2.51. The number of carbonyl (C=O) groups is 3. The molecule has 5 nitrogen and oxygen atoms in total. The Morgan fingerprint density at radius 3 is 2.06 bits per heavy atom. The van der Waals surface area contributed by atoms with E-state index in [1.807, 2.05) is 96.9 Å². The van der Waals surface area contributed by atoms with Crippen molar-refractivity contribution in [2.45, 2.75) is 31.0 Å². The van der Waals surface area contributed by atoms with E-state index in [1.165, 1.54) is 0 Å². The number of hydrogen-bond acceptors (Lipinski definition) is 4. The lowest BCUT2D eigenvalue weighted by atomic mass is 9.62. The van der Waals surface area contributed by atoms with Crippen molar-refractivity contribution in [2.75, 3.05) is 4.90 Å². The fraction of sp³-hybridized carbons (Fsp3) is 0.146. The number of aryl methyl sites for hydroxylation is 1. The van der Waals surface area contributed by atoms with Crippen molar-refractivity contribution >= 4 is 52.4 Å². The van der Waals surface area contributed by atoms with Gasteiger partial charge in [0.1, 0.15) is 11.5 Å². The van der Waals surface area contributed by atoms with Crippen LogP contribution in [0.3, 0.4) is 0 Å². The minimum atomic E-state index is -1.44. The van der Waals surface area contributed by atoms with Gasteiger partial charge < -0.3 is 9.80 Å². The van der Waals surface area contributed by atoms with Gasteiger partial charge >= 0.3 is 0 Å². The molecule has 4 atom stereocenters. The maximum Gasteiger partial charge on any atom is 0.241 e. The maximum absolute atomic E-state index is 15.7. The van der Waals surface area contributed by atoms with Crippen molar-refractivity contribution in [3.63, 3.8) is 0 Å². The second kappa shape index (κ2) is 11.6. The van der Waals surface area contributed by atoms with Crippen LogP contribution in [-0.4, -0.2) is 28.4 Å². The van der Waals surface area contributed by atoms with E-state index in [9.17, 15) is 4.79 Å². The van der Waals surface area contributed by atoms with Gasteiger partial charge in [0, 0.05) is 33.1 Å². The van der Waals surface area contributed by atoms with Crippen LogP contribution in [-0.2, 0) is 16.8 Å². The molecule has 3 heterocycles. The molecule has 3 aliphatic rings. The van der Waals surface area contributed by atoms with Crippen LogP contribution in [0.25, 0.3) is 6.08 Å². The van der Waals surface area contributed by atoms with Crippen LogP contribution in [0, 0.1) is 12.8 Å². The number of ketones is 2. The summed E-state index contributed by atoms with van der Waals surface area (Å²) in [6, 6.07) is 35.6. The highest BCUT2D eigenvalue weighted by molar-refractivity contribution is 6.31. The fourth-order valence-electron chi connectivity index (χ4n) is 8.02. The molecule has 0 aliphatic carbocycles. The predicted molar refractivity (Wildman–Crippen MR) is 189 cm³/mol. The van der Waals surface area contributed by atoms with Crippen LogP contribution in [0.4, 0.5) is 5.69 Å². The molecule has 0 aromatic heterocycles. The van der Waals surface area contributed by atoms with Crippen LogP contribution >= 0.6 is 23.2 Å². The first-order chi connectivity index (χ1) is 23.3. The molecule has 0 N–H and O–H groups in total. The molecular weight excluding hydrogens is 639 g/mol. The summed E-state index contributed by atoms with van der Waals surface area (Å²) in [5.41, 5.74) is 4.61. The zero-order valence-corrected chi connectivity index (χ0v) is 27.5. The van der Waals surface area contributed by atoms with Crippen molar-refractivity contribution in [3.8, 4) is 0 Å². The Hall–Kier alpha value is -4.97. The van der Waals surface area contributed by atoms with E-state index in [4.69, 9.17) is 23.2 Å². The molecule has 1 spiro atoms. The van der Waals surface area contributed by atoms with Gasteiger partial charge in [-0.1, -0.05) is 95.5 Å². The first-order valence-corrected chi connectivity index (χ1v) is 16.7. The minimum absolute atomic E-state index is 0.203. The number of fused-ring (bicyclic) bond motifs is 6. The quantitative estimate of drug-likeness (QED) is 0.170. The molecule has 0 saturated carbocycles. The van der Waals surface area contributed by atoms with Crippen molar-refractivity contribution in [3.05, 3.63) is 177 Å². The van der Waals surface area contributed by atoms with E-state index in [-0.39, 0.29) is 17.5 Å². The predicted octanol–water partition coefficient (Wildman–Crippen LogP) is 8.88. The van der Waals surface area contributed by atoms with Gasteiger partial charge in [-0.3, -0.25) is 14.4 Å². The molecular formula is C41H30Cl2N2O3. The summed E-state index contributed by atoms with van der Waals surface area (Å²) in [5.74, 6) is -1.84. The monoisotopic (exact) mass is 668 g/mol. The SMILES string of the molecule is Cc1ccc2c(c1)[C@@]1(C(=O)N2Cc2ccccc2)C2c3ccccc3C=CN2[C@H](C(=O)c2ccc(Cl)cc2)[C@H]1C(=O)c1ccc(Cl)cc1. The topological polar surface area (TPSA) is 57.7 Å². The van der Waals surface area contributed by atoms with Gasteiger partial charge in [0.15, 0.2) is 11.6 Å². The first-order valence-electron chi connectivity index (χ1n) is 15.9. The average Bonchev–Trinajstić information content (AvgIpc) is 3.54. The van der Waals surface area contributed by atoms with E-state index < -0.39 is 23.4 Å². The molecule has 3 aliphatic heterocycles. The number of halogens is 2. The summed E-state index contributed by atoms with van der Waals surface area (Å²) >= 11 is 12.5. The molecule has 1 unspecified atom stereocenters. The van der Waals surface area contributed by atoms with E-state index in [1.54, 1.807) is 53.4 Å². The van der Waals surface area contributed by atoms with Gasteiger partial charge in [-0.2, -0.15) is 0 Å². The Balaban J connectivity index is 1.43. The molecule has 5 aromatic rings. The van der Waals surface area contributed by atoms with E-state index in [0.717, 1.165) is 33.5 Å². The van der Waals surface area contributed by atoms with E-state index in [2.05, 4.69) is 0 Å². The molecule has 236 valence electrons. The van der Waals surface area contributed by atoms with Gasteiger partial charge in [0.25, 0.3) is 0 Å². The summed E-state index contributed by atoms with van der Waals surface area (Å²) in [6.07, 6.45) is 3.86. The summed E-state index contributed by atoms with van der Waals surface area (Å²) in [4.78, 5) is 49.6. The van der Waals surface area contributed by atoms with Crippen molar-refractivity contribution in [1.29, 1.82) is 0 Å². The summed E-state index contributed by atoms with van der Waals surface area (Å²) in [7, 11) is 0. The third-order valence-corrected chi connectivity index (χ3v) is 10.6. The number of carbonyl (C=O) groups excluding carboxylic acids is 3. The van der Waals surface area contributed by atoms with Crippen LogP contribution < -0.4 is 4.90 Å². The number of anilines is 1. The Kier molecular flexibility index (Phi) is 7.35. The number of nitrogens with zero attached hydrogens (tertiary/aromatic N) is 2. The number of Topliss-reactive ketones (excluding diaryl/α,β-unsaturated/α-hetero) is 2. The first kappa shape index (κ1) is 30.4. The zero-order chi connectivity index (χ0) is 33.2. The molecule has 8 rings (SSSR count). The molecule has 1 saturated heterocycles. The highest BCUT2D eigenvalue weighted by Gasteiger charge is 2.72. The molecule has 1 amide bonds. The molecule has 5 aromatic carbocycles. The van der Waals surface area contributed by atoms with Crippen molar-refractivity contribution in [1.82, 2.24) is 4.90 Å². The van der Waals surface area contributed by atoms with Gasteiger partial charge in [-0.05, 0) is 89.9 Å². The highest BCUT2D eigenvalue weighted by Crippen LogP contribution is 2.64. The number of hydrogen-bond donors (Lipinski definition) is 0. The summed E-state index contributed by atoms with van der Waals surface area (Å²) in [5, 5.41) is 0.988. The maximum atomic E-state index is 15.7. The van der Waals surface area contributed by atoms with Crippen molar-refractivity contribution in [2.24, 2.45) is 5.92 Å². The van der Waals surface area contributed by atoms with Crippen LogP contribution in [0.15, 0.2) is 128 Å². The lowest BCUT2D eigenvalue weighted by molar-refractivity contribution is -0.125. The minimum Gasteiger partial charge on any atom is -0.358 e. The molecule has 0 bridgehead atoms. The molecule has 7 heteroatoms. The Labute approximate surface area is 289 Å². The van der Waals surface area contributed by atoms with E-state index in [0.29, 0.717) is 27.7 Å². The number of rotatable bonds is 6. The highest BCUT2D eigenvalue weighted by atomic mass is 35.5. The van der Waals surface area contributed by atoms with Gasteiger partial charge in [0.05, 0.1) is 18.5 Å². The largest absolute Gasteiger partial charge is 0.358 e. The molecule has 48 heavy (non-hydrogen) atoms. The Bertz CT molecular complexity index is 2130. The lowest BCUT2D eigenvalue weighted by Gasteiger charge is -2.39. The van der Waals surface area contributed by atoms with Gasteiger partial charge in [-0.25, -0.2) is 0 Å². The van der Waals surface area contributed by atoms with Gasteiger partial charge in [0.2, 0.25) is 5.91 Å². The van der Waals surface area contributed by atoms with Crippen molar-refractivity contribution < 1.29 is 14.4 Å². The van der Waals surface area contributed by atoms with E-state index >= 15 is 9.59 Å². The van der Waals surface area contributed by atoms with Gasteiger partial charge in [-0.15, -0.1) is 0 Å². The zero-order valence-electron chi connectivity index (χ0n) is 26.0. The smallest absolute Gasteiger partial charge is 0.241 e. The summed E-state index contributed by atoms with van der Waals surface area (Å²) < 4.78 is 0. The number of benzene rings is 5. The van der Waals surface area contributed by atoms with Crippen LogP contribution in [0.2, 0.25) is 10.0 Å². The van der Waals surface area contributed by atoms with Crippen LogP contribution in [0.5, 0.6) is 0 Å².